The minimum atomic E-state index is -0.732. The molecule has 2 amide bonds. The van der Waals surface area contributed by atoms with E-state index in [2.05, 4.69) is 14.9 Å². The lowest BCUT2D eigenvalue weighted by atomic mass is 9.96. The van der Waals surface area contributed by atoms with Crippen LogP contribution in [0.25, 0.3) is 11.0 Å². The van der Waals surface area contributed by atoms with Gasteiger partial charge in [-0.25, -0.2) is 4.98 Å². The molecule has 4 rings (SSSR count). The van der Waals surface area contributed by atoms with Crippen LogP contribution in [-0.4, -0.2) is 52.6 Å². The second-order valence-electron chi connectivity index (χ2n) is 7.66. The fourth-order valence-corrected chi connectivity index (χ4v) is 3.84. The number of fused-ring (bicyclic) bond motifs is 1. The van der Waals surface area contributed by atoms with Gasteiger partial charge in [0.1, 0.15) is 6.61 Å². The van der Waals surface area contributed by atoms with Gasteiger partial charge in [0.15, 0.2) is 6.10 Å². The molecular weight excluding hydrogens is 380 g/mol. The van der Waals surface area contributed by atoms with Gasteiger partial charge in [-0.1, -0.05) is 42.0 Å². The molecule has 2 atom stereocenters. The van der Waals surface area contributed by atoms with Gasteiger partial charge in [-0.3, -0.25) is 9.59 Å². The average Bonchev–Trinajstić information content (AvgIpc) is 3.17. The van der Waals surface area contributed by atoms with Crippen molar-refractivity contribution in [3.8, 4) is 0 Å². The van der Waals surface area contributed by atoms with Crippen LogP contribution in [0.3, 0.4) is 0 Å². The summed E-state index contributed by atoms with van der Waals surface area (Å²) in [6.45, 7) is 3.19. The zero-order valence-corrected chi connectivity index (χ0v) is 17.2. The number of nitrogens with one attached hydrogen (secondary N) is 1. The van der Waals surface area contributed by atoms with Gasteiger partial charge >= 0.3 is 0 Å². The molecule has 7 nitrogen and oxygen atoms in total. The Morgan fingerprint density at radius 1 is 1.20 bits per heavy atom. The minimum Gasteiger partial charge on any atom is -0.356 e. The first-order chi connectivity index (χ1) is 14.5. The van der Waals surface area contributed by atoms with Crippen LogP contribution in [0, 0.1) is 6.92 Å². The third-order valence-electron chi connectivity index (χ3n) is 5.56. The zero-order chi connectivity index (χ0) is 21.1. The first-order valence-corrected chi connectivity index (χ1v) is 10.2. The van der Waals surface area contributed by atoms with Gasteiger partial charge in [-0.2, -0.15) is 0 Å². The summed E-state index contributed by atoms with van der Waals surface area (Å²) in [7, 11) is 1.72. The van der Waals surface area contributed by atoms with Crippen LogP contribution in [-0.2, 0) is 20.9 Å². The molecule has 1 fully saturated rings. The summed E-state index contributed by atoms with van der Waals surface area (Å²) < 4.78 is 7.75. The number of benzene rings is 2. The number of likely N-dealkylation sites (N-methyl/N-ethyl adjacent to an activating group) is 1. The number of nitrogens with zero attached hydrogens (tertiary/aromatic N) is 3. The van der Waals surface area contributed by atoms with E-state index in [1.807, 2.05) is 61.8 Å². The lowest BCUT2D eigenvalue weighted by Crippen LogP contribution is -2.53. The highest BCUT2D eigenvalue weighted by Gasteiger charge is 2.39. The van der Waals surface area contributed by atoms with E-state index >= 15 is 0 Å². The molecule has 156 valence electrons. The molecule has 0 bridgehead atoms. The highest BCUT2D eigenvalue weighted by Crippen LogP contribution is 2.29. The van der Waals surface area contributed by atoms with E-state index in [1.54, 1.807) is 11.9 Å². The second kappa shape index (κ2) is 8.67. The maximum Gasteiger partial charge on any atom is 0.251 e. The molecule has 0 radical (unpaired) electrons. The molecule has 1 saturated heterocycles. The Labute approximate surface area is 175 Å². The summed E-state index contributed by atoms with van der Waals surface area (Å²) in [5, 5.41) is 2.97. The maximum absolute atomic E-state index is 12.9. The van der Waals surface area contributed by atoms with Gasteiger partial charge in [-0.15, -0.1) is 0 Å². The summed E-state index contributed by atoms with van der Waals surface area (Å²) in [6, 6.07) is 15.4. The predicted octanol–water partition coefficient (Wildman–Crippen LogP) is 2.45. The number of imidazole rings is 1. The Bertz CT molecular complexity index is 1040. The lowest BCUT2D eigenvalue weighted by molar-refractivity contribution is -0.162. The van der Waals surface area contributed by atoms with E-state index < -0.39 is 12.1 Å². The fraction of sp³-hybridized carbons (Fsp3) is 0.348. The summed E-state index contributed by atoms with van der Waals surface area (Å²) >= 11 is 0. The molecule has 1 aliphatic rings. The minimum absolute atomic E-state index is 0.0853. The van der Waals surface area contributed by atoms with Crippen molar-refractivity contribution < 1.29 is 14.3 Å². The van der Waals surface area contributed by atoms with Gasteiger partial charge in [-0.05, 0) is 31.0 Å². The highest BCUT2D eigenvalue weighted by atomic mass is 16.5. The maximum atomic E-state index is 12.9. The van der Waals surface area contributed by atoms with E-state index in [1.165, 1.54) is 0 Å². The number of hydrogen-bond acceptors (Lipinski definition) is 4. The third-order valence-corrected chi connectivity index (χ3v) is 5.56. The number of aromatic nitrogens is 2. The first-order valence-electron chi connectivity index (χ1n) is 10.2. The molecule has 7 heteroatoms. The quantitative estimate of drug-likeness (QED) is 0.638. The standard InChI is InChI=1S/C23H26N4O3/c1-16-8-10-17(11-9-16)21-22(30-14-20(28)26(21)2)23(29)24-12-5-13-27-15-25-18-6-3-4-7-19(18)27/h3-4,6-11,15,21-22H,5,12-14H2,1-2H3,(H,24,29)/t21-,22+/m0/s1. The SMILES string of the molecule is Cc1ccc([C@H]2[C@H](C(=O)NCCCn3cnc4ccccc43)OCC(=O)N2C)cc1. The number of amides is 2. The number of carbonyl (C=O) groups is 2. The summed E-state index contributed by atoms with van der Waals surface area (Å²) in [4.78, 5) is 31.1. The van der Waals surface area contributed by atoms with Crippen LogP contribution in [0.5, 0.6) is 0 Å². The van der Waals surface area contributed by atoms with E-state index in [0.29, 0.717) is 6.54 Å². The monoisotopic (exact) mass is 406 g/mol. The van der Waals surface area contributed by atoms with Crippen LogP contribution >= 0.6 is 0 Å². The molecule has 1 aromatic heterocycles. The van der Waals surface area contributed by atoms with Crippen molar-refractivity contribution in [3.63, 3.8) is 0 Å². The number of ether oxygens (including phenoxy) is 1. The normalized spacial score (nSPS) is 19.3. The van der Waals surface area contributed by atoms with Gasteiger partial charge in [0, 0.05) is 20.1 Å². The zero-order valence-electron chi connectivity index (χ0n) is 17.2. The van der Waals surface area contributed by atoms with E-state index in [9.17, 15) is 9.59 Å². The number of carbonyl (C=O) groups excluding carboxylic acids is 2. The molecule has 2 heterocycles. The molecule has 0 spiro atoms. The Hall–Kier alpha value is -3.19. The lowest BCUT2D eigenvalue weighted by Gasteiger charge is -2.38. The van der Waals surface area contributed by atoms with E-state index in [0.717, 1.165) is 35.1 Å². The second-order valence-corrected chi connectivity index (χ2v) is 7.66. The van der Waals surface area contributed by atoms with Crippen molar-refractivity contribution in [1.29, 1.82) is 0 Å². The van der Waals surface area contributed by atoms with Crippen LogP contribution < -0.4 is 5.32 Å². The molecule has 0 saturated carbocycles. The van der Waals surface area contributed by atoms with Crippen molar-refractivity contribution in [3.05, 3.63) is 66.0 Å². The van der Waals surface area contributed by atoms with Gasteiger partial charge < -0.3 is 19.5 Å². The highest BCUT2D eigenvalue weighted by molar-refractivity contribution is 5.86. The van der Waals surface area contributed by atoms with Crippen LogP contribution in [0.15, 0.2) is 54.9 Å². The molecule has 3 aromatic rings. The smallest absolute Gasteiger partial charge is 0.251 e. The van der Waals surface area contributed by atoms with Gasteiger partial charge in [0.25, 0.3) is 5.91 Å². The molecule has 30 heavy (non-hydrogen) atoms. The van der Waals surface area contributed by atoms with Crippen molar-refractivity contribution in [1.82, 2.24) is 19.8 Å². The largest absolute Gasteiger partial charge is 0.356 e. The summed E-state index contributed by atoms with van der Waals surface area (Å²) in [5.41, 5.74) is 4.06. The topological polar surface area (TPSA) is 76.5 Å². The molecular formula is C23H26N4O3. The van der Waals surface area contributed by atoms with Crippen LogP contribution in [0.2, 0.25) is 0 Å². The van der Waals surface area contributed by atoms with Crippen LogP contribution in [0.1, 0.15) is 23.6 Å². The molecule has 0 aliphatic carbocycles. The Balaban J connectivity index is 1.38. The number of rotatable bonds is 6. The number of aryl methyl sites for hydroxylation is 2. The van der Waals surface area contributed by atoms with Gasteiger partial charge in [0.05, 0.1) is 23.4 Å². The van der Waals surface area contributed by atoms with E-state index in [4.69, 9.17) is 4.74 Å². The van der Waals surface area contributed by atoms with Gasteiger partial charge in [0.2, 0.25) is 5.91 Å². The Kier molecular flexibility index (Phi) is 5.81. The number of para-hydroxylation sites is 2. The Morgan fingerprint density at radius 2 is 1.97 bits per heavy atom. The van der Waals surface area contributed by atoms with Crippen molar-refractivity contribution in [2.75, 3.05) is 20.2 Å². The van der Waals surface area contributed by atoms with Crippen LogP contribution in [0.4, 0.5) is 0 Å². The average molecular weight is 406 g/mol. The van der Waals surface area contributed by atoms with Crippen molar-refractivity contribution in [2.24, 2.45) is 0 Å². The molecule has 0 unspecified atom stereocenters. The molecule has 2 aromatic carbocycles. The van der Waals surface area contributed by atoms with E-state index in [-0.39, 0.29) is 18.4 Å². The number of hydrogen-bond donors (Lipinski definition) is 1. The summed E-state index contributed by atoms with van der Waals surface area (Å²) in [6.07, 6.45) is 1.86. The van der Waals surface area contributed by atoms with Crippen molar-refractivity contribution in [2.45, 2.75) is 32.0 Å². The summed E-state index contributed by atoms with van der Waals surface area (Å²) in [5.74, 6) is -0.327. The fourth-order valence-electron chi connectivity index (χ4n) is 3.84. The molecule has 1 aliphatic heterocycles. The Morgan fingerprint density at radius 3 is 2.77 bits per heavy atom. The van der Waals surface area contributed by atoms with Crippen molar-refractivity contribution >= 4 is 22.8 Å². The number of morpholine rings is 1. The molecule has 1 N–H and O–H groups in total. The third kappa shape index (κ3) is 4.07. The first kappa shape index (κ1) is 20.1. The predicted molar refractivity (Wildman–Crippen MR) is 114 cm³/mol.